The zero-order valence-corrected chi connectivity index (χ0v) is 12.9. The minimum atomic E-state index is -0.727. The number of rotatable bonds is 4. The monoisotopic (exact) mass is 337 g/mol. The first-order valence-corrected chi connectivity index (χ1v) is 6.93. The highest BCUT2D eigenvalue weighted by Gasteiger charge is 2.18. The number of hydrogen-bond donors (Lipinski definition) is 1. The van der Waals surface area contributed by atoms with Crippen LogP contribution in [-0.4, -0.2) is 39.1 Å². The van der Waals surface area contributed by atoms with E-state index in [2.05, 4.69) is 20.9 Å². The topological polar surface area (TPSA) is 58.4 Å². The molecule has 1 aromatic carbocycles. The highest BCUT2D eigenvalue weighted by atomic mass is 79.9. The predicted molar refractivity (Wildman–Crippen MR) is 79.3 cm³/mol. The van der Waals surface area contributed by atoms with Gasteiger partial charge >= 0.3 is 0 Å². The summed E-state index contributed by atoms with van der Waals surface area (Å²) in [6, 6.07) is 7.41. The molecule has 0 radical (unpaired) electrons. The van der Waals surface area contributed by atoms with Crippen molar-refractivity contribution in [1.82, 2.24) is 14.5 Å². The Morgan fingerprint density at radius 2 is 2.30 bits per heavy atom. The molecule has 5 nitrogen and oxygen atoms in total. The number of imidazole rings is 1. The van der Waals surface area contributed by atoms with Gasteiger partial charge in [-0.15, -0.1) is 0 Å². The lowest BCUT2D eigenvalue weighted by atomic mass is 10.1. The number of aliphatic hydroxyl groups excluding tert-OH is 1. The fourth-order valence-corrected chi connectivity index (χ4v) is 2.34. The molecule has 1 N–H and O–H groups in total. The van der Waals surface area contributed by atoms with Crippen LogP contribution in [-0.2, 0) is 7.05 Å². The average molecular weight is 338 g/mol. The molecule has 0 aliphatic rings. The maximum absolute atomic E-state index is 12.2. The van der Waals surface area contributed by atoms with Crippen LogP contribution in [0.4, 0.5) is 0 Å². The van der Waals surface area contributed by atoms with Gasteiger partial charge in [-0.2, -0.15) is 0 Å². The molecule has 0 saturated carbocycles. The van der Waals surface area contributed by atoms with E-state index in [1.165, 1.54) is 11.1 Å². The summed E-state index contributed by atoms with van der Waals surface area (Å²) in [4.78, 5) is 17.6. The SMILES string of the molecule is CN(CC(O)c1cccc(Br)c1)C(=O)c1cncn1C. The van der Waals surface area contributed by atoms with E-state index in [0.717, 1.165) is 10.0 Å². The molecular weight excluding hydrogens is 322 g/mol. The van der Waals surface area contributed by atoms with Gasteiger partial charge in [0.05, 0.1) is 25.2 Å². The summed E-state index contributed by atoms with van der Waals surface area (Å²) in [6.07, 6.45) is 2.37. The van der Waals surface area contributed by atoms with Crippen molar-refractivity contribution in [2.75, 3.05) is 13.6 Å². The van der Waals surface area contributed by atoms with Gasteiger partial charge in [-0.25, -0.2) is 4.98 Å². The molecule has 106 valence electrons. The summed E-state index contributed by atoms with van der Waals surface area (Å²) >= 11 is 3.36. The van der Waals surface area contributed by atoms with E-state index in [4.69, 9.17) is 0 Å². The van der Waals surface area contributed by atoms with Crippen LogP contribution in [0.2, 0.25) is 0 Å². The van der Waals surface area contributed by atoms with Crippen LogP contribution in [0, 0.1) is 0 Å². The molecule has 0 spiro atoms. The van der Waals surface area contributed by atoms with E-state index in [9.17, 15) is 9.90 Å². The minimum absolute atomic E-state index is 0.168. The Hall–Kier alpha value is -1.66. The zero-order chi connectivity index (χ0) is 14.7. The quantitative estimate of drug-likeness (QED) is 0.928. The summed E-state index contributed by atoms with van der Waals surface area (Å²) in [5.74, 6) is -0.168. The van der Waals surface area contributed by atoms with E-state index < -0.39 is 6.10 Å². The number of carbonyl (C=O) groups is 1. The number of hydrogen-bond acceptors (Lipinski definition) is 3. The van der Waals surface area contributed by atoms with Crippen LogP contribution in [0.3, 0.4) is 0 Å². The molecule has 20 heavy (non-hydrogen) atoms. The summed E-state index contributed by atoms with van der Waals surface area (Å²) in [6.45, 7) is 0.223. The van der Waals surface area contributed by atoms with Gasteiger partial charge in [-0.3, -0.25) is 4.79 Å². The van der Waals surface area contributed by atoms with Gasteiger partial charge in [0.25, 0.3) is 5.91 Å². The van der Waals surface area contributed by atoms with Gasteiger partial charge < -0.3 is 14.6 Å². The van der Waals surface area contributed by atoms with Crippen LogP contribution < -0.4 is 0 Å². The van der Waals surface area contributed by atoms with E-state index in [-0.39, 0.29) is 12.5 Å². The second-order valence-corrected chi connectivity index (χ2v) is 5.56. The number of aryl methyl sites for hydroxylation is 1. The van der Waals surface area contributed by atoms with Crippen molar-refractivity contribution in [2.24, 2.45) is 7.05 Å². The van der Waals surface area contributed by atoms with Gasteiger partial charge in [-0.05, 0) is 17.7 Å². The van der Waals surface area contributed by atoms with E-state index in [1.807, 2.05) is 24.3 Å². The Morgan fingerprint density at radius 1 is 1.55 bits per heavy atom. The van der Waals surface area contributed by atoms with Crippen LogP contribution >= 0.6 is 15.9 Å². The lowest BCUT2D eigenvalue weighted by molar-refractivity contribution is 0.0672. The highest BCUT2D eigenvalue weighted by Crippen LogP contribution is 2.19. The summed E-state index contributed by atoms with van der Waals surface area (Å²) in [5.41, 5.74) is 1.26. The third-order valence-electron chi connectivity index (χ3n) is 3.06. The first kappa shape index (κ1) is 14.7. The molecule has 1 atom stereocenters. The number of amides is 1. The zero-order valence-electron chi connectivity index (χ0n) is 11.3. The fourth-order valence-electron chi connectivity index (χ4n) is 1.92. The number of aliphatic hydroxyl groups is 1. The normalized spacial score (nSPS) is 12.2. The Morgan fingerprint density at radius 3 is 2.90 bits per heavy atom. The second kappa shape index (κ2) is 6.19. The fraction of sp³-hybridized carbons (Fsp3) is 0.286. The Balaban J connectivity index is 2.06. The van der Waals surface area contributed by atoms with Crippen molar-refractivity contribution in [3.8, 4) is 0 Å². The first-order chi connectivity index (χ1) is 9.49. The molecule has 0 aliphatic heterocycles. The number of nitrogens with zero attached hydrogens (tertiary/aromatic N) is 3. The molecule has 0 saturated heterocycles. The van der Waals surface area contributed by atoms with Crippen molar-refractivity contribution in [1.29, 1.82) is 0 Å². The van der Waals surface area contributed by atoms with Crippen molar-refractivity contribution in [2.45, 2.75) is 6.10 Å². The van der Waals surface area contributed by atoms with E-state index in [0.29, 0.717) is 5.69 Å². The van der Waals surface area contributed by atoms with Gasteiger partial charge in [0.15, 0.2) is 0 Å². The van der Waals surface area contributed by atoms with Gasteiger partial charge in [0.1, 0.15) is 5.69 Å². The number of halogens is 1. The third-order valence-corrected chi connectivity index (χ3v) is 3.56. The van der Waals surface area contributed by atoms with Crippen LogP contribution in [0.1, 0.15) is 22.2 Å². The predicted octanol–water partition coefficient (Wildman–Crippen LogP) is 1.99. The summed E-state index contributed by atoms with van der Waals surface area (Å²) in [5, 5.41) is 10.2. The molecule has 2 rings (SSSR count). The van der Waals surface area contributed by atoms with Crippen LogP contribution in [0.5, 0.6) is 0 Å². The average Bonchev–Trinajstić information content (AvgIpc) is 2.84. The number of carbonyl (C=O) groups excluding carboxylic acids is 1. The lowest BCUT2D eigenvalue weighted by Gasteiger charge is -2.21. The molecule has 1 unspecified atom stereocenters. The van der Waals surface area contributed by atoms with E-state index in [1.54, 1.807) is 25.0 Å². The van der Waals surface area contributed by atoms with Crippen LogP contribution in [0.25, 0.3) is 0 Å². The number of aromatic nitrogens is 2. The second-order valence-electron chi connectivity index (χ2n) is 4.65. The maximum atomic E-state index is 12.2. The highest BCUT2D eigenvalue weighted by molar-refractivity contribution is 9.10. The van der Waals surface area contributed by atoms with Crippen molar-refractivity contribution < 1.29 is 9.90 Å². The van der Waals surface area contributed by atoms with Gasteiger partial charge in [-0.1, -0.05) is 28.1 Å². The molecule has 0 bridgehead atoms. The standard InChI is InChI=1S/C14H16BrN3O2/c1-17(14(20)12-7-16-9-18(12)2)8-13(19)10-4-3-5-11(15)6-10/h3-7,9,13,19H,8H2,1-2H3. The number of likely N-dealkylation sites (N-methyl/N-ethyl adjacent to an activating group) is 1. The first-order valence-electron chi connectivity index (χ1n) is 6.14. The lowest BCUT2D eigenvalue weighted by Crippen LogP contribution is -2.32. The summed E-state index contributed by atoms with van der Waals surface area (Å²) < 4.78 is 2.55. The number of benzene rings is 1. The van der Waals surface area contributed by atoms with Crippen molar-refractivity contribution in [3.05, 3.63) is 52.5 Å². The molecule has 1 heterocycles. The molecule has 1 aromatic heterocycles. The molecule has 6 heteroatoms. The Kier molecular flexibility index (Phi) is 4.57. The third kappa shape index (κ3) is 3.26. The molecule has 0 aliphatic carbocycles. The van der Waals surface area contributed by atoms with Crippen molar-refractivity contribution in [3.63, 3.8) is 0 Å². The van der Waals surface area contributed by atoms with Gasteiger partial charge in [0.2, 0.25) is 0 Å². The maximum Gasteiger partial charge on any atom is 0.271 e. The van der Waals surface area contributed by atoms with Crippen molar-refractivity contribution >= 4 is 21.8 Å². The summed E-state index contributed by atoms with van der Waals surface area (Å²) in [7, 11) is 3.43. The largest absolute Gasteiger partial charge is 0.387 e. The minimum Gasteiger partial charge on any atom is -0.387 e. The van der Waals surface area contributed by atoms with Crippen LogP contribution in [0.15, 0.2) is 41.3 Å². The molecule has 1 amide bonds. The molecular formula is C14H16BrN3O2. The molecule has 0 fully saturated rings. The Labute approximate surface area is 126 Å². The Bertz CT molecular complexity index is 612. The smallest absolute Gasteiger partial charge is 0.271 e. The van der Waals surface area contributed by atoms with Gasteiger partial charge in [0, 0.05) is 18.6 Å². The van der Waals surface area contributed by atoms with E-state index >= 15 is 0 Å². The molecule has 2 aromatic rings.